The summed E-state index contributed by atoms with van der Waals surface area (Å²) in [4.78, 5) is 0.292. The summed E-state index contributed by atoms with van der Waals surface area (Å²) in [5.41, 5.74) is 0.633. The van der Waals surface area contributed by atoms with Crippen molar-refractivity contribution in [3.8, 4) is 5.88 Å². The topological polar surface area (TPSA) is 80.0 Å². The summed E-state index contributed by atoms with van der Waals surface area (Å²) in [5, 5.41) is 4.11. The van der Waals surface area contributed by atoms with Crippen molar-refractivity contribution in [2.24, 2.45) is 0 Å². The van der Waals surface area contributed by atoms with Crippen LogP contribution in [0.1, 0.15) is 6.92 Å². The third kappa shape index (κ3) is 2.17. The van der Waals surface area contributed by atoms with E-state index in [2.05, 4.69) is 9.82 Å². The molecule has 2 atom stereocenters. The van der Waals surface area contributed by atoms with Crippen LogP contribution in [0.2, 0.25) is 0 Å². The van der Waals surface area contributed by atoms with E-state index in [0.29, 0.717) is 23.0 Å². The molecule has 1 aromatic carbocycles. The van der Waals surface area contributed by atoms with Gasteiger partial charge < -0.3 is 4.74 Å². The van der Waals surface area contributed by atoms with Gasteiger partial charge in [-0.1, -0.05) is 18.2 Å². The second-order valence-electron chi connectivity index (χ2n) is 4.45. The first kappa shape index (κ1) is 12.0. The highest BCUT2D eigenvalue weighted by Gasteiger charge is 2.28. The van der Waals surface area contributed by atoms with Crippen LogP contribution in [-0.4, -0.2) is 20.1 Å². The molecule has 2 heterocycles. The molecular weight excluding hydrogens is 264 g/mol. The molecule has 2 N–H and O–H groups in total. The molecule has 0 saturated carbocycles. The molecular formula is C12H14N4O2S. The fourth-order valence-corrected chi connectivity index (χ4v) is 3.17. The quantitative estimate of drug-likeness (QED) is 0.902. The molecule has 100 valence electrons. The van der Waals surface area contributed by atoms with E-state index < -0.39 is 9.92 Å². The van der Waals surface area contributed by atoms with Gasteiger partial charge in [-0.2, -0.15) is 5.10 Å². The highest BCUT2D eigenvalue weighted by Crippen LogP contribution is 2.30. The van der Waals surface area contributed by atoms with E-state index in [-0.39, 0.29) is 6.10 Å². The zero-order valence-corrected chi connectivity index (χ0v) is 11.2. The minimum absolute atomic E-state index is 0.00521. The van der Waals surface area contributed by atoms with E-state index in [4.69, 9.17) is 9.52 Å². The Morgan fingerprint density at radius 2 is 2.21 bits per heavy atom. The van der Waals surface area contributed by atoms with E-state index in [1.54, 1.807) is 16.8 Å². The van der Waals surface area contributed by atoms with Crippen LogP contribution in [0.3, 0.4) is 0 Å². The van der Waals surface area contributed by atoms with Crippen LogP contribution < -0.4 is 9.46 Å². The molecule has 0 amide bonds. The monoisotopic (exact) mass is 278 g/mol. The second-order valence-corrected chi connectivity index (χ2v) is 6.21. The third-order valence-corrected chi connectivity index (χ3v) is 4.27. The Balaban J connectivity index is 1.94. The van der Waals surface area contributed by atoms with Crippen molar-refractivity contribution < 1.29 is 8.95 Å². The first-order chi connectivity index (χ1) is 9.06. The molecule has 0 spiro atoms. The van der Waals surface area contributed by atoms with E-state index in [9.17, 15) is 4.21 Å². The van der Waals surface area contributed by atoms with Crippen molar-refractivity contribution in [3.05, 3.63) is 36.5 Å². The first-order valence-corrected chi connectivity index (χ1v) is 7.46. The van der Waals surface area contributed by atoms with Crippen LogP contribution in [0.15, 0.2) is 41.4 Å². The van der Waals surface area contributed by atoms with Crippen LogP contribution in [0.4, 0.5) is 5.69 Å². The van der Waals surface area contributed by atoms with E-state index >= 15 is 0 Å². The van der Waals surface area contributed by atoms with Gasteiger partial charge in [0.15, 0.2) is 9.92 Å². The Labute approximate surface area is 111 Å². The Hall–Kier alpha value is -2.02. The van der Waals surface area contributed by atoms with Gasteiger partial charge in [-0.25, -0.2) is 13.7 Å². The lowest BCUT2D eigenvalue weighted by Gasteiger charge is -2.10. The SMILES string of the molecule is CC1Cn2ncc(S(=N)(=O)Nc3ccccc3)c2O1. The largest absolute Gasteiger partial charge is 0.472 e. The van der Waals surface area contributed by atoms with E-state index in [0.717, 1.165) is 0 Å². The van der Waals surface area contributed by atoms with Crippen LogP contribution >= 0.6 is 0 Å². The highest BCUT2D eigenvalue weighted by molar-refractivity contribution is 7.93. The molecule has 19 heavy (non-hydrogen) atoms. The van der Waals surface area contributed by atoms with Crippen molar-refractivity contribution in [1.82, 2.24) is 9.78 Å². The lowest BCUT2D eigenvalue weighted by Crippen LogP contribution is -2.13. The predicted molar refractivity (Wildman–Crippen MR) is 71.5 cm³/mol. The van der Waals surface area contributed by atoms with Crippen LogP contribution in [0, 0.1) is 4.78 Å². The first-order valence-electron chi connectivity index (χ1n) is 5.90. The molecule has 7 heteroatoms. The summed E-state index contributed by atoms with van der Waals surface area (Å²) in [6.07, 6.45) is 1.43. The molecule has 2 aromatic rings. The van der Waals surface area contributed by atoms with Gasteiger partial charge in [0.25, 0.3) is 0 Å². The van der Waals surface area contributed by atoms with Gasteiger partial charge in [-0.05, 0) is 19.1 Å². The van der Waals surface area contributed by atoms with Gasteiger partial charge in [0.2, 0.25) is 5.88 Å². The van der Waals surface area contributed by atoms with Crippen LogP contribution in [-0.2, 0) is 16.5 Å². The molecule has 1 aromatic heterocycles. The van der Waals surface area contributed by atoms with E-state index in [1.807, 2.05) is 25.1 Å². The molecule has 1 aliphatic heterocycles. The Morgan fingerprint density at radius 1 is 1.47 bits per heavy atom. The van der Waals surface area contributed by atoms with Gasteiger partial charge in [-0.3, -0.25) is 4.72 Å². The number of aromatic nitrogens is 2. The number of benzene rings is 1. The molecule has 3 rings (SSSR count). The summed E-state index contributed by atoms with van der Waals surface area (Å²) in [6, 6.07) is 9.03. The van der Waals surface area contributed by atoms with Gasteiger partial charge in [0.05, 0.1) is 12.7 Å². The maximum absolute atomic E-state index is 12.5. The maximum atomic E-state index is 12.5. The Morgan fingerprint density at radius 3 is 2.95 bits per heavy atom. The Kier molecular flexibility index (Phi) is 2.70. The fourth-order valence-electron chi connectivity index (χ4n) is 2.00. The molecule has 1 aliphatic rings. The van der Waals surface area contributed by atoms with Crippen molar-refractivity contribution >= 4 is 15.6 Å². The molecule has 0 fully saturated rings. The molecule has 6 nitrogen and oxygen atoms in total. The van der Waals surface area contributed by atoms with Crippen LogP contribution in [0.25, 0.3) is 0 Å². The number of ether oxygens (including phenoxy) is 1. The molecule has 0 bridgehead atoms. The fraction of sp³-hybridized carbons (Fsp3) is 0.250. The summed E-state index contributed by atoms with van der Waals surface area (Å²) >= 11 is 0. The number of nitrogens with zero attached hydrogens (tertiary/aromatic N) is 2. The number of nitrogens with one attached hydrogen (secondary N) is 2. The van der Waals surface area contributed by atoms with Gasteiger partial charge in [0, 0.05) is 5.69 Å². The summed E-state index contributed by atoms with van der Waals surface area (Å²) in [5.74, 6) is 0.427. The Bertz CT molecular complexity index is 694. The molecule has 0 radical (unpaired) electrons. The number of fused-ring (bicyclic) bond motifs is 1. The minimum atomic E-state index is -3.18. The standard InChI is InChI=1S/C12H14N4O2S/c1-9-8-16-12(18-9)11(7-14-16)19(13,17)15-10-5-3-2-4-6-10/h2-7,9H,8H2,1H3,(H2,13,15,17). The average Bonchev–Trinajstić information content (AvgIpc) is 2.88. The average molecular weight is 278 g/mol. The summed E-state index contributed by atoms with van der Waals surface area (Å²) in [6.45, 7) is 2.53. The van der Waals surface area contributed by atoms with Gasteiger partial charge in [0.1, 0.15) is 11.0 Å². The zero-order valence-electron chi connectivity index (χ0n) is 10.4. The second kappa shape index (κ2) is 4.27. The smallest absolute Gasteiger partial charge is 0.231 e. The van der Waals surface area contributed by atoms with Gasteiger partial charge in [-0.15, -0.1) is 0 Å². The lowest BCUT2D eigenvalue weighted by atomic mass is 10.3. The molecule has 0 saturated heterocycles. The predicted octanol–water partition coefficient (Wildman–Crippen LogP) is 2.10. The van der Waals surface area contributed by atoms with Crippen molar-refractivity contribution in [2.75, 3.05) is 4.72 Å². The maximum Gasteiger partial charge on any atom is 0.231 e. The number of anilines is 1. The number of para-hydroxylation sites is 1. The van der Waals surface area contributed by atoms with E-state index in [1.165, 1.54) is 6.20 Å². The molecule has 0 aliphatic carbocycles. The normalized spacial score (nSPS) is 20.4. The summed E-state index contributed by atoms with van der Waals surface area (Å²) < 4.78 is 30.5. The van der Waals surface area contributed by atoms with Gasteiger partial charge >= 0.3 is 0 Å². The molecule has 2 unspecified atom stereocenters. The van der Waals surface area contributed by atoms with Crippen LogP contribution in [0.5, 0.6) is 5.88 Å². The van der Waals surface area contributed by atoms with Crippen molar-refractivity contribution in [2.45, 2.75) is 24.5 Å². The van der Waals surface area contributed by atoms with Crippen molar-refractivity contribution in [1.29, 1.82) is 4.78 Å². The lowest BCUT2D eigenvalue weighted by molar-refractivity contribution is 0.248. The third-order valence-electron chi connectivity index (χ3n) is 2.85. The minimum Gasteiger partial charge on any atom is -0.472 e. The zero-order chi connectivity index (χ0) is 13.5. The summed E-state index contributed by atoms with van der Waals surface area (Å²) in [7, 11) is -3.18. The number of rotatable bonds is 3. The number of hydrogen-bond donors (Lipinski definition) is 2. The number of hydrogen-bond acceptors (Lipinski definition) is 4. The highest BCUT2D eigenvalue weighted by atomic mass is 32.2. The van der Waals surface area contributed by atoms with Crippen molar-refractivity contribution in [3.63, 3.8) is 0 Å².